The predicted molar refractivity (Wildman–Crippen MR) is 55.6 cm³/mol. The molecule has 1 aromatic heterocycles. The first-order valence-electron chi connectivity index (χ1n) is 5.20. The van der Waals surface area contributed by atoms with E-state index in [4.69, 9.17) is 5.73 Å². The number of aromatic amines is 1. The summed E-state index contributed by atoms with van der Waals surface area (Å²) in [5.41, 5.74) is 5.97. The summed E-state index contributed by atoms with van der Waals surface area (Å²) in [6.45, 7) is 5.28. The zero-order valence-electron chi connectivity index (χ0n) is 8.61. The molecule has 1 aliphatic heterocycles. The average Bonchev–Trinajstić information content (AvgIpc) is 2.54. The number of H-pyrrole nitrogens is 1. The molecular weight excluding hydrogens is 176 g/mol. The maximum absolute atomic E-state index is 5.97. The van der Waals surface area contributed by atoms with E-state index in [0.717, 1.165) is 31.9 Å². The van der Waals surface area contributed by atoms with Gasteiger partial charge in [0.05, 0.1) is 6.54 Å². The first-order chi connectivity index (χ1) is 6.74. The molecule has 4 nitrogen and oxygen atoms in total. The molecule has 0 amide bonds. The number of hydrogen-bond acceptors (Lipinski definition) is 3. The van der Waals surface area contributed by atoms with E-state index in [2.05, 4.69) is 21.8 Å². The Morgan fingerprint density at radius 1 is 1.64 bits per heavy atom. The number of nitrogens with zero attached hydrogens (tertiary/aromatic N) is 2. The Bertz CT molecular complexity index is 260. The number of hydrogen-bond donors (Lipinski definition) is 2. The Morgan fingerprint density at radius 3 is 3.14 bits per heavy atom. The van der Waals surface area contributed by atoms with E-state index in [9.17, 15) is 0 Å². The van der Waals surface area contributed by atoms with Gasteiger partial charge in [-0.25, -0.2) is 4.98 Å². The van der Waals surface area contributed by atoms with Gasteiger partial charge in [-0.3, -0.25) is 4.90 Å². The van der Waals surface area contributed by atoms with E-state index in [1.54, 1.807) is 6.20 Å². The van der Waals surface area contributed by atoms with Crippen LogP contribution in [0.1, 0.15) is 19.2 Å². The maximum Gasteiger partial charge on any atom is 0.120 e. The summed E-state index contributed by atoms with van der Waals surface area (Å²) in [4.78, 5) is 9.72. The highest BCUT2D eigenvalue weighted by atomic mass is 15.2. The van der Waals surface area contributed by atoms with Crippen LogP contribution in [0.15, 0.2) is 12.4 Å². The minimum absolute atomic E-state index is 0.328. The lowest BCUT2D eigenvalue weighted by atomic mass is 9.97. The standard InChI is InChI=1S/C10H18N4/c1-8-4-9(11)6-14(5-8)7-10-12-2-3-13-10/h2-3,8-9H,4-7,11H2,1H3,(H,12,13). The summed E-state index contributed by atoms with van der Waals surface area (Å²) in [5, 5.41) is 0. The molecule has 0 aliphatic carbocycles. The second-order valence-corrected chi connectivity index (χ2v) is 4.33. The third-order valence-corrected chi connectivity index (χ3v) is 2.70. The summed E-state index contributed by atoms with van der Waals surface area (Å²) >= 11 is 0. The molecule has 14 heavy (non-hydrogen) atoms. The average molecular weight is 194 g/mol. The third kappa shape index (κ3) is 2.33. The van der Waals surface area contributed by atoms with Gasteiger partial charge in [0.15, 0.2) is 0 Å². The monoisotopic (exact) mass is 194 g/mol. The van der Waals surface area contributed by atoms with Crippen molar-refractivity contribution in [2.24, 2.45) is 11.7 Å². The molecule has 2 unspecified atom stereocenters. The molecule has 3 N–H and O–H groups in total. The molecule has 1 fully saturated rings. The summed E-state index contributed by atoms with van der Waals surface area (Å²) in [6.07, 6.45) is 4.81. The molecule has 0 saturated carbocycles. The highest BCUT2D eigenvalue weighted by Crippen LogP contribution is 2.16. The number of likely N-dealkylation sites (tertiary alicyclic amines) is 1. The number of nitrogens with two attached hydrogens (primary N) is 1. The highest BCUT2D eigenvalue weighted by molar-refractivity contribution is 4.89. The molecule has 0 radical (unpaired) electrons. The lowest BCUT2D eigenvalue weighted by molar-refractivity contribution is 0.155. The molecule has 1 saturated heterocycles. The molecule has 2 rings (SSSR count). The van der Waals surface area contributed by atoms with Crippen molar-refractivity contribution in [3.8, 4) is 0 Å². The molecule has 0 bridgehead atoms. The molecule has 1 aliphatic rings. The van der Waals surface area contributed by atoms with Crippen molar-refractivity contribution in [2.75, 3.05) is 13.1 Å². The second-order valence-electron chi connectivity index (χ2n) is 4.33. The number of piperidine rings is 1. The van der Waals surface area contributed by atoms with Gasteiger partial charge in [-0.2, -0.15) is 0 Å². The minimum Gasteiger partial charge on any atom is -0.348 e. The van der Waals surface area contributed by atoms with Crippen molar-refractivity contribution < 1.29 is 0 Å². The van der Waals surface area contributed by atoms with Crippen LogP contribution in [-0.4, -0.2) is 34.0 Å². The van der Waals surface area contributed by atoms with E-state index < -0.39 is 0 Å². The number of aromatic nitrogens is 2. The second kappa shape index (κ2) is 4.11. The topological polar surface area (TPSA) is 57.9 Å². The van der Waals surface area contributed by atoms with Gasteiger partial charge in [0.1, 0.15) is 5.82 Å². The Labute approximate surface area is 84.5 Å². The van der Waals surface area contributed by atoms with Gasteiger partial charge in [0.2, 0.25) is 0 Å². The van der Waals surface area contributed by atoms with Crippen molar-refractivity contribution >= 4 is 0 Å². The van der Waals surface area contributed by atoms with Crippen LogP contribution >= 0.6 is 0 Å². The normalized spacial score (nSPS) is 29.3. The number of imidazole rings is 1. The molecule has 2 atom stereocenters. The van der Waals surface area contributed by atoms with E-state index >= 15 is 0 Å². The van der Waals surface area contributed by atoms with Gasteiger partial charge in [0.25, 0.3) is 0 Å². The van der Waals surface area contributed by atoms with Crippen LogP contribution in [0.25, 0.3) is 0 Å². The van der Waals surface area contributed by atoms with E-state index in [0.29, 0.717) is 12.0 Å². The molecule has 78 valence electrons. The number of nitrogens with one attached hydrogen (secondary N) is 1. The van der Waals surface area contributed by atoms with E-state index in [1.807, 2.05) is 6.20 Å². The van der Waals surface area contributed by atoms with Crippen LogP contribution in [0, 0.1) is 5.92 Å². The summed E-state index contributed by atoms with van der Waals surface area (Å²) < 4.78 is 0. The highest BCUT2D eigenvalue weighted by Gasteiger charge is 2.22. The maximum atomic E-state index is 5.97. The largest absolute Gasteiger partial charge is 0.348 e. The van der Waals surface area contributed by atoms with Crippen LogP contribution < -0.4 is 5.73 Å². The molecule has 2 heterocycles. The van der Waals surface area contributed by atoms with Crippen LogP contribution in [0.5, 0.6) is 0 Å². The fourth-order valence-corrected chi connectivity index (χ4v) is 2.24. The predicted octanol–water partition coefficient (Wildman–Crippen LogP) is 0.579. The van der Waals surface area contributed by atoms with Crippen LogP contribution in [0.4, 0.5) is 0 Å². The first kappa shape index (κ1) is 9.68. The minimum atomic E-state index is 0.328. The quantitative estimate of drug-likeness (QED) is 0.724. The molecule has 1 aromatic rings. The van der Waals surface area contributed by atoms with Gasteiger partial charge in [0, 0.05) is 31.5 Å². The Morgan fingerprint density at radius 2 is 2.50 bits per heavy atom. The van der Waals surface area contributed by atoms with Crippen molar-refractivity contribution in [3.63, 3.8) is 0 Å². The first-order valence-corrected chi connectivity index (χ1v) is 5.20. The lowest BCUT2D eigenvalue weighted by Crippen LogP contribution is -2.45. The molecule has 4 heteroatoms. The van der Waals surface area contributed by atoms with Gasteiger partial charge in [-0.15, -0.1) is 0 Å². The van der Waals surface area contributed by atoms with E-state index in [-0.39, 0.29) is 0 Å². The van der Waals surface area contributed by atoms with Crippen molar-refractivity contribution in [1.82, 2.24) is 14.9 Å². The Kier molecular flexibility index (Phi) is 2.84. The van der Waals surface area contributed by atoms with Gasteiger partial charge in [-0.1, -0.05) is 6.92 Å². The lowest BCUT2D eigenvalue weighted by Gasteiger charge is -2.34. The van der Waals surface area contributed by atoms with Crippen LogP contribution in [-0.2, 0) is 6.54 Å². The molecule has 0 aromatic carbocycles. The van der Waals surface area contributed by atoms with Crippen LogP contribution in [0.2, 0.25) is 0 Å². The van der Waals surface area contributed by atoms with E-state index in [1.165, 1.54) is 0 Å². The SMILES string of the molecule is CC1CC(N)CN(Cc2ncc[nH]2)C1. The van der Waals surface area contributed by atoms with Gasteiger partial charge in [-0.05, 0) is 12.3 Å². The molecular formula is C10H18N4. The third-order valence-electron chi connectivity index (χ3n) is 2.70. The summed E-state index contributed by atoms with van der Waals surface area (Å²) in [5.74, 6) is 1.74. The number of rotatable bonds is 2. The van der Waals surface area contributed by atoms with Gasteiger partial charge < -0.3 is 10.7 Å². The molecule has 0 spiro atoms. The van der Waals surface area contributed by atoms with Crippen molar-refractivity contribution in [1.29, 1.82) is 0 Å². The fraction of sp³-hybridized carbons (Fsp3) is 0.700. The smallest absolute Gasteiger partial charge is 0.120 e. The van der Waals surface area contributed by atoms with Crippen molar-refractivity contribution in [2.45, 2.75) is 25.9 Å². The Balaban J connectivity index is 1.91. The van der Waals surface area contributed by atoms with Crippen LogP contribution in [0.3, 0.4) is 0 Å². The zero-order valence-corrected chi connectivity index (χ0v) is 8.61. The fourth-order valence-electron chi connectivity index (χ4n) is 2.24. The Hall–Kier alpha value is -0.870. The van der Waals surface area contributed by atoms with Gasteiger partial charge >= 0.3 is 0 Å². The van der Waals surface area contributed by atoms with Crippen molar-refractivity contribution in [3.05, 3.63) is 18.2 Å². The zero-order chi connectivity index (χ0) is 9.97. The summed E-state index contributed by atoms with van der Waals surface area (Å²) in [7, 11) is 0. The summed E-state index contributed by atoms with van der Waals surface area (Å²) in [6, 6.07) is 0.328.